The SMILES string of the molecule is CN(Cc1ccc(C(F)(F)F)cc1)C1CNC1. The van der Waals surface area contributed by atoms with E-state index in [1.54, 1.807) is 12.1 Å². The smallest absolute Gasteiger partial charge is 0.314 e. The quantitative estimate of drug-likeness (QED) is 0.876. The summed E-state index contributed by atoms with van der Waals surface area (Å²) >= 11 is 0. The van der Waals surface area contributed by atoms with Crippen molar-refractivity contribution in [3.8, 4) is 0 Å². The molecule has 0 bridgehead atoms. The van der Waals surface area contributed by atoms with Crippen LogP contribution < -0.4 is 5.32 Å². The van der Waals surface area contributed by atoms with Crippen LogP contribution in [-0.4, -0.2) is 31.1 Å². The van der Waals surface area contributed by atoms with Gasteiger partial charge in [-0.15, -0.1) is 0 Å². The van der Waals surface area contributed by atoms with Crippen LogP contribution >= 0.6 is 0 Å². The molecule has 1 N–H and O–H groups in total. The molecular formula is C12H15F3N2. The summed E-state index contributed by atoms with van der Waals surface area (Å²) in [5.74, 6) is 0. The lowest BCUT2D eigenvalue weighted by Gasteiger charge is -2.35. The van der Waals surface area contributed by atoms with Gasteiger partial charge in [0, 0.05) is 25.7 Å². The van der Waals surface area contributed by atoms with Gasteiger partial charge in [0.1, 0.15) is 0 Å². The van der Waals surface area contributed by atoms with Crippen LogP contribution in [0, 0.1) is 0 Å². The van der Waals surface area contributed by atoms with Crippen molar-refractivity contribution in [1.29, 1.82) is 0 Å². The molecule has 2 nitrogen and oxygen atoms in total. The van der Waals surface area contributed by atoms with E-state index in [0.717, 1.165) is 30.8 Å². The molecule has 1 fully saturated rings. The Morgan fingerprint density at radius 3 is 2.24 bits per heavy atom. The van der Waals surface area contributed by atoms with E-state index in [0.29, 0.717) is 12.6 Å². The topological polar surface area (TPSA) is 15.3 Å². The van der Waals surface area contributed by atoms with Crippen molar-refractivity contribution in [3.05, 3.63) is 35.4 Å². The Morgan fingerprint density at radius 1 is 1.24 bits per heavy atom. The average molecular weight is 244 g/mol. The summed E-state index contributed by atoms with van der Waals surface area (Å²) in [6, 6.07) is 5.87. The number of benzene rings is 1. The number of hydrogen-bond donors (Lipinski definition) is 1. The maximum absolute atomic E-state index is 12.4. The molecule has 1 heterocycles. The second-order valence-corrected chi connectivity index (χ2v) is 4.42. The number of hydrogen-bond acceptors (Lipinski definition) is 2. The summed E-state index contributed by atoms with van der Waals surface area (Å²) < 4.78 is 37.1. The van der Waals surface area contributed by atoms with Crippen LogP contribution in [0.4, 0.5) is 13.2 Å². The molecule has 0 saturated carbocycles. The maximum Gasteiger partial charge on any atom is 0.416 e. The van der Waals surface area contributed by atoms with Crippen molar-refractivity contribution in [2.45, 2.75) is 18.8 Å². The zero-order valence-corrected chi connectivity index (χ0v) is 9.59. The first-order valence-corrected chi connectivity index (χ1v) is 5.54. The standard InChI is InChI=1S/C12H15F3N2/c1-17(11-6-16-7-11)8-9-2-4-10(5-3-9)12(13,14)15/h2-5,11,16H,6-8H2,1H3. The molecule has 0 aromatic heterocycles. The lowest BCUT2D eigenvalue weighted by Crippen LogP contribution is -2.55. The number of likely N-dealkylation sites (N-methyl/N-ethyl adjacent to an activating group) is 1. The van der Waals surface area contributed by atoms with Gasteiger partial charge < -0.3 is 5.32 Å². The molecule has 17 heavy (non-hydrogen) atoms. The Bertz CT molecular complexity index is 368. The first-order valence-electron chi connectivity index (χ1n) is 5.54. The van der Waals surface area contributed by atoms with E-state index in [1.165, 1.54) is 0 Å². The number of halogens is 3. The molecule has 0 radical (unpaired) electrons. The third kappa shape index (κ3) is 2.98. The van der Waals surface area contributed by atoms with Gasteiger partial charge in [-0.05, 0) is 24.7 Å². The number of nitrogens with zero attached hydrogens (tertiary/aromatic N) is 1. The van der Waals surface area contributed by atoms with Gasteiger partial charge in [0.25, 0.3) is 0 Å². The van der Waals surface area contributed by atoms with Gasteiger partial charge in [0.05, 0.1) is 5.56 Å². The highest BCUT2D eigenvalue weighted by Gasteiger charge is 2.30. The van der Waals surface area contributed by atoms with Gasteiger partial charge in [0.15, 0.2) is 0 Å². The molecule has 0 amide bonds. The molecule has 1 aliphatic heterocycles. The van der Waals surface area contributed by atoms with Gasteiger partial charge in [-0.1, -0.05) is 12.1 Å². The van der Waals surface area contributed by atoms with E-state index in [4.69, 9.17) is 0 Å². The second-order valence-electron chi connectivity index (χ2n) is 4.42. The van der Waals surface area contributed by atoms with Gasteiger partial charge in [-0.2, -0.15) is 13.2 Å². The van der Waals surface area contributed by atoms with Crippen molar-refractivity contribution in [2.24, 2.45) is 0 Å². The Labute approximate surface area is 98.4 Å². The van der Waals surface area contributed by atoms with E-state index >= 15 is 0 Å². The predicted molar refractivity (Wildman–Crippen MR) is 59.6 cm³/mol. The highest BCUT2D eigenvalue weighted by atomic mass is 19.4. The Hall–Kier alpha value is -1.07. The molecule has 0 atom stereocenters. The van der Waals surface area contributed by atoms with Crippen LogP contribution in [0.1, 0.15) is 11.1 Å². The maximum atomic E-state index is 12.4. The minimum absolute atomic E-state index is 0.497. The summed E-state index contributed by atoms with van der Waals surface area (Å²) in [6.45, 7) is 2.60. The number of alkyl halides is 3. The fraction of sp³-hybridized carbons (Fsp3) is 0.500. The van der Waals surface area contributed by atoms with Crippen molar-refractivity contribution in [1.82, 2.24) is 10.2 Å². The molecule has 5 heteroatoms. The van der Waals surface area contributed by atoms with Crippen LogP contribution in [-0.2, 0) is 12.7 Å². The lowest BCUT2D eigenvalue weighted by atomic mass is 10.1. The normalized spacial score (nSPS) is 17.2. The summed E-state index contributed by atoms with van der Waals surface area (Å²) in [5.41, 5.74) is 0.321. The molecule has 1 aromatic carbocycles. The summed E-state index contributed by atoms with van der Waals surface area (Å²) in [5, 5.41) is 3.17. The summed E-state index contributed by atoms with van der Waals surface area (Å²) in [4.78, 5) is 2.15. The average Bonchev–Trinajstić information content (AvgIpc) is 2.13. The molecule has 1 aliphatic rings. The first-order chi connectivity index (χ1) is 7.97. The van der Waals surface area contributed by atoms with Gasteiger partial charge >= 0.3 is 6.18 Å². The largest absolute Gasteiger partial charge is 0.416 e. The van der Waals surface area contributed by atoms with Crippen LogP contribution in [0.2, 0.25) is 0 Å². The molecule has 1 aromatic rings. The van der Waals surface area contributed by atoms with Crippen LogP contribution in [0.15, 0.2) is 24.3 Å². The van der Waals surface area contributed by atoms with Gasteiger partial charge in [0.2, 0.25) is 0 Å². The van der Waals surface area contributed by atoms with E-state index in [2.05, 4.69) is 10.2 Å². The lowest BCUT2D eigenvalue weighted by molar-refractivity contribution is -0.137. The van der Waals surface area contributed by atoms with Crippen molar-refractivity contribution in [3.63, 3.8) is 0 Å². The van der Waals surface area contributed by atoms with Crippen molar-refractivity contribution >= 4 is 0 Å². The van der Waals surface area contributed by atoms with Crippen molar-refractivity contribution in [2.75, 3.05) is 20.1 Å². The Kier molecular flexibility index (Phi) is 3.40. The highest BCUT2D eigenvalue weighted by Crippen LogP contribution is 2.29. The third-order valence-electron chi connectivity index (χ3n) is 3.10. The summed E-state index contributed by atoms with van der Waals surface area (Å²) in [6.07, 6.45) is -4.25. The number of rotatable bonds is 3. The fourth-order valence-electron chi connectivity index (χ4n) is 1.80. The van der Waals surface area contributed by atoms with Gasteiger partial charge in [-0.3, -0.25) is 4.90 Å². The second kappa shape index (κ2) is 4.66. The molecule has 0 spiro atoms. The molecule has 94 valence electrons. The van der Waals surface area contributed by atoms with Gasteiger partial charge in [-0.25, -0.2) is 0 Å². The minimum Gasteiger partial charge on any atom is -0.314 e. The summed E-state index contributed by atoms with van der Waals surface area (Å²) in [7, 11) is 1.99. The molecule has 0 unspecified atom stereocenters. The zero-order valence-electron chi connectivity index (χ0n) is 9.59. The first kappa shape index (κ1) is 12.4. The number of nitrogens with one attached hydrogen (secondary N) is 1. The molecule has 0 aliphatic carbocycles. The Balaban J connectivity index is 1.98. The molecular weight excluding hydrogens is 229 g/mol. The fourth-order valence-corrected chi connectivity index (χ4v) is 1.80. The third-order valence-corrected chi connectivity index (χ3v) is 3.10. The zero-order chi connectivity index (χ0) is 12.5. The monoisotopic (exact) mass is 244 g/mol. The molecule has 2 rings (SSSR count). The molecule has 1 saturated heterocycles. The van der Waals surface area contributed by atoms with E-state index in [9.17, 15) is 13.2 Å². The minimum atomic E-state index is -4.25. The van der Waals surface area contributed by atoms with E-state index in [1.807, 2.05) is 7.05 Å². The van der Waals surface area contributed by atoms with Crippen LogP contribution in [0.5, 0.6) is 0 Å². The van der Waals surface area contributed by atoms with E-state index in [-0.39, 0.29) is 0 Å². The highest BCUT2D eigenvalue weighted by molar-refractivity contribution is 5.24. The van der Waals surface area contributed by atoms with Crippen LogP contribution in [0.25, 0.3) is 0 Å². The Morgan fingerprint density at radius 2 is 1.82 bits per heavy atom. The predicted octanol–water partition coefficient (Wildman–Crippen LogP) is 2.11. The van der Waals surface area contributed by atoms with E-state index < -0.39 is 11.7 Å². The van der Waals surface area contributed by atoms with Crippen LogP contribution in [0.3, 0.4) is 0 Å². The van der Waals surface area contributed by atoms with Crippen molar-refractivity contribution < 1.29 is 13.2 Å².